The van der Waals surface area contributed by atoms with Crippen molar-refractivity contribution in [1.29, 1.82) is 0 Å². The highest BCUT2D eigenvalue weighted by Gasteiger charge is 2.12. The van der Waals surface area contributed by atoms with Crippen LogP contribution in [0.3, 0.4) is 0 Å². The first-order chi connectivity index (χ1) is 8.04. The van der Waals surface area contributed by atoms with Gasteiger partial charge in [0.05, 0.1) is 5.01 Å². The van der Waals surface area contributed by atoms with Gasteiger partial charge in [0, 0.05) is 23.9 Å². The Morgan fingerprint density at radius 2 is 2.18 bits per heavy atom. The summed E-state index contributed by atoms with van der Waals surface area (Å²) in [7, 11) is 0. The van der Waals surface area contributed by atoms with Gasteiger partial charge in [-0.05, 0) is 13.5 Å². The molecule has 1 amide bonds. The van der Waals surface area contributed by atoms with Gasteiger partial charge in [0.15, 0.2) is 0 Å². The maximum Gasteiger partial charge on any atom is 0.270 e. The van der Waals surface area contributed by atoms with Crippen LogP contribution in [0.25, 0.3) is 0 Å². The molecule has 1 aromatic heterocycles. The molecule has 0 bridgehead atoms. The van der Waals surface area contributed by atoms with Gasteiger partial charge >= 0.3 is 0 Å². The molecule has 0 aliphatic carbocycles. The van der Waals surface area contributed by atoms with E-state index in [9.17, 15) is 4.79 Å². The van der Waals surface area contributed by atoms with Crippen molar-refractivity contribution in [2.75, 3.05) is 13.1 Å². The quantitative estimate of drug-likeness (QED) is 0.817. The van der Waals surface area contributed by atoms with E-state index in [1.54, 1.807) is 11.3 Å². The number of carbonyl (C=O) groups excluding carboxylic acids is 1. The Bertz CT molecular complexity index is 362. The van der Waals surface area contributed by atoms with Crippen LogP contribution < -0.4 is 10.6 Å². The predicted octanol–water partition coefficient (Wildman–Crippen LogP) is 1.99. The van der Waals surface area contributed by atoms with E-state index in [1.165, 1.54) is 0 Å². The van der Waals surface area contributed by atoms with Crippen molar-refractivity contribution in [2.24, 2.45) is 0 Å². The van der Waals surface area contributed by atoms with E-state index < -0.39 is 0 Å². The summed E-state index contributed by atoms with van der Waals surface area (Å²) >= 11 is 1.54. The maximum absolute atomic E-state index is 11.8. The van der Waals surface area contributed by atoms with Crippen LogP contribution in [-0.2, 0) is 0 Å². The second-order valence-electron chi connectivity index (χ2n) is 4.39. The SMILES string of the molecule is CCN[C@H](C)CNC(=O)c1csc(C(C)C)n1. The highest BCUT2D eigenvalue weighted by Crippen LogP contribution is 2.18. The third-order valence-corrected chi connectivity index (χ3v) is 3.52. The van der Waals surface area contributed by atoms with Crippen LogP contribution in [0.15, 0.2) is 5.38 Å². The largest absolute Gasteiger partial charge is 0.349 e. The summed E-state index contributed by atoms with van der Waals surface area (Å²) in [5.41, 5.74) is 0.530. The lowest BCUT2D eigenvalue weighted by molar-refractivity contribution is 0.0946. The Balaban J connectivity index is 2.46. The number of nitrogens with zero attached hydrogens (tertiary/aromatic N) is 1. The van der Waals surface area contributed by atoms with Crippen molar-refractivity contribution in [1.82, 2.24) is 15.6 Å². The number of aromatic nitrogens is 1. The van der Waals surface area contributed by atoms with Gasteiger partial charge in [-0.1, -0.05) is 20.8 Å². The molecule has 1 aromatic rings. The molecule has 2 N–H and O–H groups in total. The summed E-state index contributed by atoms with van der Waals surface area (Å²) in [6, 6.07) is 0.284. The number of rotatable bonds is 6. The Hall–Kier alpha value is -0.940. The molecule has 0 aliphatic heterocycles. The Kier molecular flexibility index (Phi) is 5.58. The number of hydrogen-bond acceptors (Lipinski definition) is 4. The van der Waals surface area contributed by atoms with Crippen LogP contribution in [0.2, 0.25) is 0 Å². The molecular formula is C12H21N3OS. The van der Waals surface area contributed by atoms with Gasteiger partial charge < -0.3 is 10.6 Å². The summed E-state index contributed by atoms with van der Waals surface area (Å²) < 4.78 is 0. The molecule has 4 nitrogen and oxygen atoms in total. The number of nitrogens with one attached hydrogen (secondary N) is 2. The Morgan fingerprint density at radius 3 is 2.71 bits per heavy atom. The molecule has 0 spiro atoms. The third kappa shape index (κ3) is 4.44. The van der Waals surface area contributed by atoms with E-state index in [0.29, 0.717) is 18.2 Å². The summed E-state index contributed by atoms with van der Waals surface area (Å²) in [5.74, 6) is 0.292. The summed E-state index contributed by atoms with van der Waals surface area (Å²) in [4.78, 5) is 16.1. The van der Waals surface area contributed by atoms with Gasteiger partial charge in [0.25, 0.3) is 5.91 Å². The molecule has 1 heterocycles. The molecule has 0 saturated carbocycles. The van der Waals surface area contributed by atoms with E-state index in [1.807, 2.05) is 19.2 Å². The zero-order valence-corrected chi connectivity index (χ0v) is 11.7. The summed E-state index contributed by atoms with van der Waals surface area (Å²) in [6.45, 7) is 9.78. The lowest BCUT2D eigenvalue weighted by atomic mass is 10.2. The molecule has 0 unspecified atom stereocenters. The van der Waals surface area contributed by atoms with Gasteiger partial charge in [0.2, 0.25) is 0 Å². The predicted molar refractivity (Wildman–Crippen MR) is 71.7 cm³/mol. The first-order valence-electron chi connectivity index (χ1n) is 6.01. The average molecular weight is 255 g/mol. The van der Waals surface area contributed by atoms with Crippen molar-refractivity contribution in [2.45, 2.75) is 39.7 Å². The minimum Gasteiger partial charge on any atom is -0.349 e. The van der Waals surface area contributed by atoms with E-state index in [-0.39, 0.29) is 11.9 Å². The second kappa shape index (κ2) is 6.71. The fraction of sp³-hybridized carbons (Fsp3) is 0.667. The zero-order valence-electron chi connectivity index (χ0n) is 10.9. The van der Waals surface area contributed by atoms with E-state index in [0.717, 1.165) is 11.6 Å². The number of likely N-dealkylation sites (N-methyl/N-ethyl adjacent to an activating group) is 1. The average Bonchev–Trinajstić information content (AvgIpc) is 2.75. The molecule has 1 atom stereocenters. The second-order valence-corrected chi connectivity index (χ2v) is 5.28. The van der Waals surface area contributed by atoms with Crippen LogP contribution in [0, 0.1) is 0 Å². The van der Waals surface area contributed by atoms with Gasteiger partial charge in [-0.25, -0.2) is 4.98 Å². The minimum atomic E-state index is -0.0853. The lowest BCUT2D eigenvalue weighted by Gasteiger charge is -2.12. The molecule has 1 rings (SSSR count). The van der Waals surface area contributed by atoms with E-state index >= 15 is 0 Å². The first-order valence-corrected chi connectivity index (χ1v) is 6.89. The molecule has 5 heteroatoms. The third-order valence-electron chi connectivity index (χ3n) is 2.37. The highest BCUT2D eigenvalue weighted by atomic mass is 32.1. The van der Waals surface area contributed by atoms with Gasteiger partial charge in [-0.3, -0.25) is 4.79 Å². The molecule has 17 heavy (non-hydrogen) atoms. The van der Waals surface area contributed by atoms with Crippen molar-refractivity contribution in [3.63, 3.8) is 0 Å². The molecule has 0 saturated heterocycles. The smallest absolute Gasteiger partial charge is 0.270 e. The van der Waals surface area contributed by atoms with E-state index in [4.69, 9.17) is 0 Å². The molecule has 0 fully saturated rings. The zero-order chi connectivity index (χ0) is 12.8. The normalized spacial score (nSPS) is 12.8. The van der Waals surface area contributed by atoms with E-state index in [2.05, 4.69) is 29.5 Å². The Morgan fingerprint density at radius 1 is 1.47 bits per heavy atom. The van der Waals surface area contributed by atoms with Crippen LogP contribution in [0.4, 0.5) is 0 Å². The molecule has 0 aliphatic rings. The van der Waals surface area contributed by atoms with Crippen molar-refractivity contribution < 1.29 is 4.79 Å². The number of amides is 1. The maximum atomic E-state index is 11.8. The number of hydrogen-bond donors (Lipinski definition) is 2. The van der Waals surface area contributed by atoms with Crippen LogP contribution in [0.5, 0.6) is 0 Å². The van der Waals surface area contributed by atoms with Crippen molar-refractivity contribution in [3.05, 3.63) is 16.1 Å². The highest BCUT2D eigenvalue weighted by molar-refractivity contribution is 7.09. The molecular weight excluding hydrogens is 234 g/mol. The summed E-state index contributed by atoms with van der Waals surface area (Å²) in [5, 5.41) is 8.95. The number of carbonyl (C=O) groups is 1. The topological polar surface area (TPSA) is 54.0 Å². The summed E-state index contributed by atoms with van der Waals surface area (Å²) in [6.07, 6.45) is 0. The Labute approximate surface area is 107 Å². The lowest BCUT2D eigenvalue weighted by Crippen LogP contribution is -2.38. The first kappa shape index (κ1) is 14.1. The van der Waals surface area contributed by atoms with Crippen molar-refractivity contribution >= 4 is 17.2 Å². The fourth-order valence-electron chi connectivity index (χ4n) is 1.41. The standard InChI is InChI=1S/C12H21N3OS/c1-5-13-9(4)6-14-11(16)10-7-17-12(15-10)8(2)3/h7-9,13H,5-6H2,1-4H3,(H,14,16)/t9-/m1/s1. The minimum absolute atomic E-state index is 0.0853. The monoisotopic (exact) mass is 255 g/mol. The fourth-order valence-corrected chi connectivity index (χ4v) is 2.23. The molecule has 96 valence electrons. The van der Waals surface area contributed by atoms with Gasteiger partial charge in [0.1, 0.15) is 5.69 Å². The van der Waals surface area contributed by atoms with Crippen molar-refractivity contribution in [3.8, 4) is 0 Å². The molecule has 0 aromatic carbocycles. The van der Waals surface area contributed by atoms with Crippen LogP contribution >= 0.6 is 11.3 Å². The number of thiazole rings is 1. The van der Waals surface area contributed by atoms with Crippen LogP contribution in [0.1, 0.15) is 49.1 Å². The van der Waals surface area contributed by atoms with Gasteiger partial charge in [-0.2, -0.15) is 0 Å². The van der Waals surface area contributed by atoms with Gasteiger partial charge in [-0.15, -0.1) is 11.3 Å². The molecule has 0 radical (unpaired) electrons. The van der Waals surface area contributed by atoms with Crippen LogP contribution in [-0.4, -0.2) is 30.0 Å².